The Hall–Kier alpha value is -1.45. The molecule has 0 N–H and O–H groups in total. The molecule has 20 heavy (non-hydrogen) atoms. The third-order valence-electron chi connectivity index (χ3n) is 2.88. The van der Waals surface area contributed by atoms with Crippen molar-refractivity contribution in [1.82, 2.24) is 0 Å². The van der Waals surface area contributed by atoms with E-state index in [1.807, 2.05) is 42.5 Å². The van der Waals surface area contributed by atoms with E-state index in [0.717, 1.165) is 22.0 Å². The summed E-state index contributed by atoms with van der Waals surface area (Å²) >= 11 is 7.24. The molecule has 0 heterocycles. The van der Waals surface area contributed by atoms with Crippen LogP contribution in [-0.2, 0) is 5.75 Å². The number of methoxy groups -OCH3 is 1. The van der Waals surface area contributed by atoms with Crippen molar-refractivity contribution in [2.24, 2.45) is 0 Å². The van der Waals surface area contributed by atoms with Crippen LogP contribution in [0.5, 0.6) is 5.75 Å². The van der Waals surface area contributed by atoms with Crippen LogP contribution in [-0.4, -0.2) is 18.8 Å². The molecule has 0 atom stereocenters. The van der Waals surface area contributed by atoms with Crippen molar-refractivity contribution in [3.63, 3.8) is 0 Å². The maximum Gasteiger partial charge on any atom is 0.177 e. The lowest BCUT2D eigenvalue weighted by Gasteiger charge is -2.08. The smallest absolute Gasteiger partial charge is 0.177 e. The summed E-state index contributed by atoms with van der Waals surface area (Å²) in [6.07, 6.45) is 0. The lowest BCUT2D eigenvalue weighted by Crippen LogP contribution is -1.99. The fraction of sp³-hybridized carbons (Fsp3) is 0.188. The quantitative estimate of drug-likeness (QED) is 0.449. The van der Waals surface area contributed by atoms with E-state index in [9.17, 15) is 4.79 Å². The van der Waals surface area contributed by atoms with E-state index in [4.69, 9.17) is 16.3 Å². The maximum absolute atomic E-state index is 11.4. The van der Waals surface area contributed by atoms with Crippen LogP contribution in [0.2, 0.25) is 0 Å². The summed E-state index contributed by atoms with van der Waals surface area (Å²) < 4.78 is 5.33. The third-order valence-corrected chi connectivity index (χ3v) is 4.19. The Morgan fingerprint density at radius 3 is 2.50 bits per heavy atom. The van der Waals surface area contributed by atoms with Crippen molar-refractivity contribution >= 4 is 29.1 Å². The Morgan fingerprint density at radius 1 is 1.15 bits per heavy atom. The second kappa shape index (κ2) is 7.36. The SMILES string of the molecule is COc1ccccc1CSc1ccc(C(=O)CCl)cc1. The number of alkyl halides is 1. The molecule has 2 aromatic carbocycles. The van der Waals surface area contributed by atoms with E-state index < -0.39 is 0 Å². The Labute approximate surface area is 128 Å². The van der Waals surface area contributed by atoms with Gasteiger partial charge in [0.25, 0.3) is 0 Å². The highest BCUT2D eigenvalue weighted by Gasteiger charge is 2.05. The molecule has 0 saturated heterocycles. The second-order valence-corrected chi connectivity index (χ2v) is 5.50. The predicted molar refractivity (Wildman–Crippen MR) is 84.0 cm³/mol. The van der Waals surface area contributed by atoms with Gasteiger partial charge in [0.1, 0.15) is 5.75 Å². The molecule has 0 aliphatic heterocycles. The van der Waals surface area contributed by atoms with Crippen molar-refractivity contribution in [2.75, 3.05) is 13.0 Å². The van der Waals surface area contributed by atoms with Gasteiger partial charge in [-0.15, -0.1) is 23.4 Å². The molecule has 0 amide bonds. The van der Waals surface area contributed by atoms with Crippen molar-refractivity contribution in [1.29, 1.82) is 0 Å². The molecule has 0 radical (unpaired) electrons. The first-order valence-corrected chi connectivity index (χ1v) is 7.70. The van der Waals surface area contributed by atoms with Gasteiger partial charge in [-0.05, 0) is 18.2 Å². The normalized spacial score (nSPS) is 10.3. The minimum absolute atomic E-state index is 0.0215. The first-order chi connectivity index (χ1) is 9.74. The molecule has 0 bridgehead atoms. The van der Waals surface area contributed by atoms with Crippen molar-refractivity contribution in [2.45, 2.75) is 10.6 Å². The molecule has 0 spiro atoms. The van der Waals surface area contributed by atoms with Gasteiger partial charge < -0.3 is 4.74 Å². The van der Waals surface area contributed by atoms with E-state index in [1.54, 1.807) is 18.9 Å². The topological polar surface area (TPSA) is 26.3 Å². The molecule has 4 heteroatoms. The molecular formula is C16H15ClO2S. The van der Waals surface area contributed by atoms with Gasteiger partial charge in [-0.1, -0.05) is 30.3 Å². The lowest BCUT2D eigenvalue weighted by atomic mass is 10.1. The van der Waals surface area contributed by atoms with Crippen LogP contribution in [0.1, 0.15) is 15.9 Å². The highest BCUT2D eigenvalue weighted by Crippen LogP contribution is 2.27. The Balaban J connectivity index is 2.02. The molecule has 0 aliphatic rings. The Bertz CT molecular complexity index is 581. The molecule has 0 saturated carbocycles. The number of Topliss-reactive ketones (excluding diaryl/α,β-unsaturated/α-hetero) is 1. The zero-order chi connectivity index (χ0) is 14.4. The minimum Gasteiger partial charge on any atom is -0.496 e. The summed E-state index contributed by atoms with van der Waals surface area (Å²) in [5.74, 6) is 1.70. The molecule has 2 rings (SSSR count). The number of ether oxygens (including phenoxy) is 1. The van der Waals surface area contributed by atoms with Gasteiger partial charge in [0.15, 0.2) is 5.78 Å². The third kappa shape index (κ3) is 3.78. The van der Waals surface area contributed by atoms with E-state index in [0.29, 0.717) is 5.56 Å². The fourth-order valence-corrected chi connectivity index (χ4v) is 2.84. The summed E-state index contributed by atoms with van der Waals surface area (Å²) in [5.41, 5.74) is 1.81. The molecule has 0 unspecified atom stereocenters. The molecule has 0 fully saturated rings. The number of benzene rings is 2. The molecule has 2 aromatic rings. The van der Waals surface area contributed by atoms with Gasteiger partial charge >= 0.3 is 0 Å². The lowest BCUT2D eigenvalue weighted by molar-refractivity contribution is 0.102. The fourth-order valence-electron chi connectivity index (χ4n) is 1.80. The van der Waals surface area contributed by atoms with Gasteiger partial charge in [-0.25, -0.2) is 0 Å². The number of hydrogen-bond donors (Lipinski definition) is 0. The van der Waals surface area contributed by atoms with Crippen molar-refractivity contribution in [3.05, 3.63) is 59.7 Å². The van der Waals surface area contributed by atoms with Crippen molar-refractivity contribution in [3.8, 4) is 5.75 Å². The number of rotatable bonds is 6. The number of thioether (sulfide) groups is 1. The van der Waals surface area contributed by atoms with E-state index >= 15 is 0 Å². The first-order valence-electron chi connectivity index (χ1n) is 6.18. The van der Waals surface area contributed by atoms with Crippen LogP contribution in [0.4, 0.5) is 0 Å². The number of para-hydroxylation sites is 1. The van der Waals surface area contributed by atoms with Crippen LogP contribution >= 0.6 is 23.4 Å². The van der Waals surface area contributed by atoms with Gasteiger partial charge in [-0.3, -0.25) is 4.79 Å². The average Bonchev–Trinajstić information content (AvgIpc) is 2.53. The largest absolute Gasteiger partial charge is 0.496 e. The summed E-state index contributed by atoms with van der Waals surface area (Å²) in [6.45, 7) is 0. The molecular weight excluding hydrogens is 292 g/mol. The Kier molecular flexibility index (Phi) is 5.50. The van der Waals surface area contributed by atoms with Gasteiger partial charge in [0.2, 0.25) is 0 Å². The highest BCUT2D eigenvalue weighted by atomic mass is 35.5. The van der Waals surface area contributed by atoms with Gasteiger partial charge in [0, 0.05) is 21.8 Å². The van der Waals surface area contributed by atoms with E-state index in [-0.39, 0.29) is 11.7 Å². The predicted octanol–water partition coefficient (Wildman–Crippen LogP) is 4.41. The van der Waals surface area contributed by atoms with Crippen LogP contribution in [0.15, 0.2) is 53.4 Å². The molecule has 104 valence electrons. The molecule has 0 aromatic heterocycles. The first kappa shape index (κ1) is 14.9. The number of halogens is 1. The highest BCUT2D eigenvalue weighted by molar-refractivity contribution is 7.98. The average molecular weight is 307 g/mol. The summed E-state index contributed by atoms with van der Waals surface area (Å²) in [5, 5.41) is 0. The zero-order valence-corrected chi connectivity index (χ0v) is 12.7. The summed E-state index contributed by atoms with van der Waals surface area (Å²) in [4.78, 5) is 12.5. The van der Waals surface area contributed by atoms with Crippen LogP contribution in [0, 0.1) is 0 Å². The number of carbonyl (C=O) groups is 1. The van der Waals surface area contributed by atoms with E-state index in [2.05, 4.69) is 6.07 Å². The minimum atomic E-state index is -0.0482. The maximum atomic E-state index is 11.4. The van der Waals surface area contributed by atoms with E-state index in [1.165, 1.54) is 0 Å². The summed E-state index contributed by atoms with van der Waals surface area (Å²) in [7, 11) is 1.68. The van der Waals surface area contributed by atoms with Crippen molar-refractivity contribution < 1.29 is 9.53 Å². The Morgan fingerprint density at radius 2 is 1.85 bits per heavy atom. The van der Waals surface area contributed by atoms with Crippen LogP contribution in [0.25, 0.3) is 0 Å². The molecule has 2 nitrogen and oxygen atoms in total. The zero-order valence-electron chi connectivity index (χ0n) is 11.1. The molecule has 0 aliphatic carbocycles. The number of carbonyl (C=O) groups excluding carboxylic acids is 1. The van der Waals surface area contributed by atoms with Crippen LogP contribution in [0.3, 0.4) is 0 Å². The van der Waals surface area contributed by atoms with Crippen LogP contribution < -0.4 is 4.74 Å². The monoisotopic (exact) mass is 306 g/mol. The standard InChI is InChI=1S/C16H15ClO2S/c1-19-16-5-3-2-4-13(16)11-20-14-8-6-12(7-9-14)15(18)10-17/h2-9H,10-11H2,1H3. The summed E-state index contributed by atoms with van der Waals surface area (Å²) in [6, 6.07) is 15.5. The second-order valence-electron chi connectivity index (χ2n) is 4.18. The van der Waals surface area contributed by atoms with Gasteiger partial charge in [0.05, 0.1) is 13.0 Å². The van der Waals surface area contributed by atoms with Gasteiger partial charge in [-0.2, -0.15) is 0 Å². The number of ketones is 1. The number of hydrogen-bond acceptors (Lipinski definition) is 3.